The molecule has 0 bridgehead atoms. The van der Waals surface area contributed by atoms with Crippen LogP contribution in [0.15, 0.2) is 84.9 Å². The number of rotatable bonds is 9. The molecule has 3 aromatic carbocycles. The normalized spacial score (nSPS) is 17.4. The second-order valence-corrected chi connectivity index (χ2v) is 8.15. The summed E-state index contributed by atoms with van der Waals surface area (Å²) in [4.78, 5) is 40.5. The Morgan fingerprint density at radius 3 is 2.29 bits per heavy atom. The molecule has 4 amide bonds. The number of nitrogens with one attached hydrogen (secondary N) is 2. The Labute approximate surface area is 198 Å². The summed E-state index contributed by atoms with van der Waals surface area (Å²) in [6.45, 7) is 2.10. The molecule has 174 valence electrons. The second kappa shape index (κ2) is 10.2. The first kappa shape index (κ1) is 23.0. The average Bonchev–Trinajstić information content (AvgIpc) is 3.09. The molecule has 1 atom stereocenters. The molecule has 2 N–H and O–H groups in total. The van der Waals surface area contributed by atoms with Crippen molar-refractivity contribution in [1.82, 2.24) is 10.2 Å². The fraction of sp³-hybridized carbons (Fsp3) is 0.222. The van der Waals surface area contributed by atoms with Gasteiger partial charge in [0.25, 0.3) is 5.91 Å². The van der Waals surface area contributed by atoms with Gasteiger partial charge in [-0.05, 0) is 29.7 Å². The molecule has 1 aliphatic heterocycles. The van der Waals surface area contributed by atoms with Gasteiger partial charge >= 0.3 is 6.03 Å². The number of carbonyl (C=O) groups excluding carboxylic acids is 3. The van der Waals surface area contributed by atoms with Gasteiger partial charge in [0, 0.05) is 6.42 Å². The van der Waals surface area contributed by atoms with E-state index in [1.165, 1.54) is 0 Å². The highest BCUT2D eigenvalue weighted by atomic mass is 16.5. The van der Waals surface area contributed by atoms with E-state index in [2.05, 4.69) is 10.6 Å². The van der Waals surface area contributed by atoms with E-state index in [9.17, 15) is 14.4 Å². The number of urea groups is 1. The Hall–Kier alpha value is -4.13. The van der Waals surface area contributed by atoms with Crippen molar-refractivity contribution in [2.24, 2.45) is 0 Å². The second-order valence-electron chi connectivity index (χ2n) is 8.15. The smallest absolute Gasteiger partial charge is 0.325 e. The maximum Gasteiger partial charge on any atom is 0.325 e. The van der Waals surface area contributed by atoms with Crippen molar-refractivity contribution in [3.05, 3.63) is 96.1 Å². The zero-order chi connectivity index (χ0) is 24.0. The molecule has 0 aromatic heterocycles. The highest BCUT2D eigenvalue weighted by Crippen LogP contribution is 2.33. The van der Waals surface area contributed by atoms with E-state index in [1.54, 1.807) is 18.2 Å². The third kappa shape index (κ3) is 4.78. The maximum atomic E-state index is 13.7. The van der Waals surface area contributed by atoms with Gasteiger partial charge in [-0.15, -0.1) is 0 Å². The Kier molecular flexibility index (Phi) is 6.92. The molecular weight excluding hydrogens is 430 g/mol. The number of imide groups is 1. The number of hydrogen-bond donors (Lipinski definition) is 2. The van der Waals surface area contributed by atoms with Crippen LogP contribution in [0, 0.1) is 0 Å². The summed E-state index contributed by atoms with van der Waals surface area (Å²) in [5.74, 6) is -0.407. The minimum Gasteiger partial charge on any atom is -0.491 e. The molecule has 34 heavy (non-hydrogen) atoms. The summed E-state index contributed by atoms with van der Waals surface area (Å²) in [5, 5.41) is 5.64. The number of anilines is 1. The number of hydrogen-bond acceptors (Lipinski definition) is 4. The molecule has 0 radical (unpaired) electrons. The van der Waals surface area contributed by atoms with Crippen molar-refractivity contribution in [2.45, 2.75) is 25.3 Å². The zero-order valence-corrected chi connectivity index (χ0v) is 19.0. The maximum absolute atomic E-state index is 13.7. The number of ether oxygens (including phenoxy) is 1. The van der Waals surface area contributed by atoms with E-state index >= 15 is 0 Å². The minimum atomic E-state index is -1.29. The van der Waals surface area contributed by atoms with Gasteiger partial charge in [-0.2, -0.15) is 0 Å². The first-order valence-corrected chi connectivity index (χ1v) is 11.3. The third-order valence-electron chi connectivity index (χ3n) is 5.68. The minimum absolute atomic E-state index is 0.272. The lowest BCUT2D eigenvalue weighted by molar-refractivity contribution is -0.134. The number of carbonyl (C=O) groups is 3. The summed E-state index contributed by atoms with van der Waals surface area (Å²) in [6.07, 6.45) is 1.10. The number of para-hydroxylation sites is 2. The van der Waals surface area contributed by atoms with Gasteiger partial charge in [0.2, 0.25) is 5.91 Å². The van der Waals surface area contributed by atoms with Gasteiger partial charge in [-0.25, -0.2) is 4.79 Å². The van der Waals surface area contributed by atoms with Crippen LogP contribution in [-0.4, -0.2) is 35.9 Å². The van der Waals surface area contributed by atoms with Crippen LogP contribution < -0.4 is 15.4 Å². The molecule has 7 heteroatoms. The molecule has 1 saturated heterocycles. The van der Waals surface area contributed by atoms with Crippen LogP contribution in [0.3, 0.4) is 0 Å². The molecule has 0 saturated carbocycles. The fourth-order valence-electron chi connectivity index (χ4n) is 4.05. The lowest BCUT2D eigenvalue weighted by Crippen LogP contribution is -2.46. The van der Waals surface area contributed by atoms with E-state index in [4.69, 9.17) is 4.74 Å². The standard InChI is InChI=1S/C27H27N3O4/c1-2-17-34-23-16-10-9-15-22(23)28-24(31)19-30-25(32)27(29-26(30)33,21-13-7-4-8-14-21)18-20-11-5-3-6-12-20/h3-16H,2,17-19H2,1H3,(H,28,31)(H,29,33). The highest BCUT2D eigenvalue weighted by Gasteiger charge is 2.52. The monoisotopic (exact) mass is 457 g/mol. The molecule has 0 aliphatic carbocycles. The summed E-state index contributed by atoms with van der Waals surface area (Å²) in [7, 11) is 0. The summed E-state index contributed by atoms with van der Waals surface area (Å²) >= 11 is 0. The Morgan fingerprint density at radius 2 is 1.59 bits per heavy atom. The summed E-state index contributed by atoms with van der Waals surface area (Å²) < 4.78 is 5.68. The van der Waals surface area contributed by atoms with Gasteiger partial charge in [0.1, 0.15) is 12.3 Å². The van der Waals surface area contributed by atoms with E-state index < -0.39 is 29.9 Å². The SMILES string of the molecule is CCCOc1ccccc1NC(=O)CN1C(=O)NC(Cc2ccccc2)(c2ccccc2)C1=O. The summed E-state index contributed by atoms with van der Waals surface area (Å²) in [5.41, 5.74) is 0.764. The van der Waals surface area contributed by atoms with Crippen LogP contribution >= 0.6 is 0 Å². The number of benzene rings is 3. The van der Waals surface area contributed by atoms with E-state index in [0.29, 0.717) is 23.6 Å². The fourth-order valence-corrected chi connectivity index (χ4v) is 4.05. The van der Waals surface area contributed by atoms with Gasteiger partial charge < -0.3 is 15.4 Å². The zero-order valence-electron chi connectivity index (χ0n) is 19.0. The molecule has 1 aliphatic rings. The average molecular weight is 458 g/mol. The Bertz CT molecular complexity index is 1170. The van der Waals surface area contributed by atoms with Crippen LogP contribution in [0.4, 0.5) is 10.5 Å². The van der Waals surface area contributed by atoms with Gasteiger partial charge in [0.15, 0.2) is 5.54 Å². The van der Waals surface area contributed by atoms with Gasteiger partial charge in [-0.3, -0.25) is 14.5 Å². The quantitative estimate of drug-likeness (QED) is 0.474. The Morgan fingerprint density at radius 1 is 0.941 bits per heavy atom. The largest absolute Gasteiger partial charge is 0.491 e. The predicted octanol–water partition coefficient (Wildman–Crippen LogP) is 4.10. The van der Waals surface area contributed by atoms with Crippen molar-refractivity contribution in [1.29, 1.82) is 0 Å². The molecule has 4 rings (SSSR count). The van der Waals surface area contributed by atoms with Crippen molar-refractivity contribution >= 4 is 23.5 Å². The third-order valence-corrected chi connectivity index (χ3v) is 5.68. The van der Waals surface area contributed by atoms with Crippen molar-refractivity contribution in [3.8, 4) is 5.75 Å². The van der Waals surface area contributed by atoms with Crippen LogP contribution in [0.25, 0.3) is 0 Å². The van der Waals surface area contributed by atoms with Crippen LogP contribution in [-0.2, 0) is 21.5 Å². The Balaban J connectivity index is 1.56. The molecule has 3 aromatic rings. The van der Waals surface area contributed by atoms with E-state index in [-0.39, 0.29) is 6.42 Å². The lowest BCUT2D eigenvalue weighted by Gasteiger charge is -2.27. The molecule has 1 heterocycles. The van der Waals surface area contributed by atoms with Crippen LogP contribution in [0.5, 0.6) is 5.75 Å². The van der Waals surface area contributed by atoms with E-state index in [1.807, 2.05) is 73.7 Å². The number of amides is 4. The first-order valence-electron chi connectivity index (χ1n) is 11.3. The van der Waals surface area contributed by atoms with Crippen molar-refractivity contribution in [2.75, 3.05) is 18.5 Å². The van der Waals surface area contributed by atoms with Gasteiger partial charge in [0.05, 0.1) is 12.3 Å². The molecule has 7 nitrogen and oxygen atoms in total. The molecule has 0 spiro atoms. The van der Waals surface area contributed by atoms with Crippen molar-refractivity contribution in [3.63, 3.8) is 0 Å². The van der Waals surface area contributed by atoms with E-state index in [0.717, 1.165) is 16.9 Å². The molecular formula is C27H27N3O4. The van der Waals surface area contributed by atoms with Crippen LogP contribution in [0.2, 0.25) is 0 Å². The number of nitrogens with zero attached hydrogens (tertiary/aromatic N) is 1. The predicted molar refractivity (Wildman–Crippen MR) is 129 cm³/mol. The first-order chi connectivity index (χ1) is 16.5. The highest BCUT2D eigenvalue weighted by molar-refractivity contribution is 6.10. The van der Waals surface area contributed by atoms with Gasteiger partial charge in [-0.1, -0.05) is 79.7 Å². The lowest BCUT2D eigenvalue weighted by atomic mass is 9.83. The topological polar surface area (TPSA) is 87.7 Å². The molecule has 1 fully saturated rings. The van der Waals surface area contributed by atoms with Crippen LogP contribution in [0.1, 0.15) is 24.5 Å². The summed E-state index contributed by atoms with van der Waals surface area (Å²) in [6, 6.07) is 25.1. The molecule has 1 unspecified atom stereocenters. The van der Waals surface area contributed by atoms with Crippen molar-refractivity contribution < 1.29 is 19.1 Å².